The van der Waals surface area contributed by atoms with Crippen LogP contribution in [0.15, 0.2) is 54.7 Å². The first-order valence-corrected chi connectivity index (χ1v) is 7.47. The minimum Gasteiger partial charge on any atom is -0.308 e. The average Bonchev–Trinajstić information content (AvgIpc) is 2.51. The van der Waals surface area contributed by atoms with Crippen molar-refractivity contribution < 1.29 is 0 Å². The van der Waals surface area contributed by atoms with Gasteiger partial charge in [0.15, 0.2) is 0 Å². The summed E-state index contributed by atoms with van der Waals surface area (Å²) in [4.78, 5) is 4.45. The van der Waals surface area contributed by atoms with Gasteiger partial charge in [0.05, 0.1) is 5.52 Å². The third-order valence-electron chi connectivity index (χ3n) is 3.35. The van der Waals surface area contributed by atoms with Gasteiger partial charge < -0.3 is 5.32 Å². The van der Waals surface area contributed by atoms with Gasteiger partial charge in [-0.2, -0.15) is 0 Å². The summed E-state index contributed by atoms with van der Waals surface area (Å²) in [5.74, 6) is 0. The summed E-state index contributed by atoms with van der Waals surface area (Å²) in [5, 5.41) is 5.97. The number of rotatable bonds is 4. The molecule has 0 unspecified atom stereocenters. The van der Waals surface area contributed by atoms with Crippen LogP contribution in [0.4, 0.5) is 0 Å². The van der Waals surface area contributed by atoms with Crippen molar-refractivity contribution in [1.29, 1.82) is 0 Å². The standard InChI is InChI=1S/C17H14Cl2N2/c18-15-6-7-16(19)14(9-15)11-20-10-13-4-1-3-12-5-2-8-21-17(12)13/h1-9,20H,10-11H2. The summed E-state index contributed by atoms with van der Waals surface area (Å²) in [5.41, 5.74) is 3.20. The molecule has 1 N–H and O–H groups in total. The fourth-order valence-electron chi connectivity index (χ4n) is 2.32. The first kappa shape index (κ1) is 14.3. The second kappa shape index (κ2) is 6.44. The van der Waals surface area contributed by atoms with Crippen LogP contribution in [-0.2, 0) is 13.1 Å². The van der Waals surface area contributed by atoms with E-state index in [2.05, 4.69) is 28.5 Å². The number of hydrogen-bond acceptors (Lipinski definition) is 2. The molecule has 21 heavy (non-hydrogen) atoms. The normalized spacial score (nSPS) is 11.0. The van der Waals surface area contributed by atoms with Gasteiger partial charge in [-0.3, -0.25) is 4.98 Å². The van der Waals surface area contributed by atoms with Gasteiger partial charge in [-0.05, 0) is 35.4 Å². The molecule has 0 atom stereocenters. The number of para-hydroxylation sites is 1. The van der Waals surface area contributed by atoms with Crippen molar-refractivity contribution >= 4 is 34.1 Å². The Bertz CT molecular complexity index is 766. The summed E-state index contributed by atoms with van der Waals surface area (Å²) in [7, 11) is 0. The Kier molecular flexibility index (Phi) is 4.39. The Morgan fingerprint density at radius 1 is 0.905 bits per heavy atom. The van der Waals surface area contributed by atoms with Crippen LogP contribution < -0.4 is 5.32 Å². The summed E-state index contributed by atoms with van der Waals surface area (Å²) < 4.78 is 0. The molecule has 4 heteroatoms. The van der Waals surface area contributed by atoms with Crippen molar-refractivity contribution in [3.05, 3.63) is 75.9 Å². The lowest BCUT2D eigenvalue weighted by atomic mass is 10.1. The predicted octanol–water partition coefficient (Wildman–Crippen LogP) is 4.83. The predicted molar refractivity (Wildman–Crippen MR) is 88.7 cm³/mol. The van der Waals surface area contributed by atoms with Gasteiger partial charge in [0.25, 0.3) is 0 Å². The molecule has 2 nitrogen and oxygen atoms in total. The lowest BCUT2D eigenvalue weighted by Gasteiger charge is -2.09. The monoisotopic (exact) mass is 316 g/mol. The number of hydrogen-bond donors (Lipinski definition) is 1. The third kappa shape index (κ3) is 3.35. The number of fused-ring (bicyclic) bond motifs is 1. The zero-order chi connectivity index (χ0) is 14.7. The smallest absolute Gasteiger partial charge is 0.0746 e. The molecule has 3 rings (SSSR count). The molecule has 106 valence electrons. The summed E-state index contributed by atoms with van der Waals surface area (Å²) in [6, 6.07) is 15.7. The Balaban J connectivity index is 1.74. The quantitative estimate of drug-likeness (QED) is 0.745. The van der Waals surface area contributed by atoms with E-state index in [1.807, 2.05) is 30.5 Å². The number of halogens is 2. The van der Waals surface area contributed by atoms with Crippen molar-refractivity contribution in [3.8, 4) is 0 Å². The van der Waals surface area contributed by atoms with Crippen LogP contribution in [0.3, 0.4) is 0 Å². The number of nitrogens with one attached hydrogen (secondary N) is 1. The minimum absolute atomic E-state index is 0.669. The minimum atomic E-state index is 0.669. The molecular formula is C17H14Cl2N2. The van der Waals surface area contributed by atoms with Crippen LogP contribution in [-0.4, -0.2) is 4.98 Å². The van der Waals surface area contributed by atoms with Gasteiger partial charge in [0, 0.05) is 34.7 Å². The van der Waals surface area contributed by atoms with Crippen LogP contribution in [0, 0.1) is 0 Å². The Labute approximate surface area is 133 Å². The second-order valence-electron chi connectivity index (χ2n) is 4.83. The molecule has 0 spiro atoms. The lowest BCUT2D eigenvalue weighted by molar-refractivity contribution is 0.696. The van der Waals surface area contributed by atoms with Crippen molar-refractivity contribution in [1.82, 2.24) is 10.3 Å². The third-order valence-corrected chi connectivity index (χ3v) is 3.96. The van der Waals surface area contributed by atoms with E-state index in [0.717, 1.165) is 28.0 Å². The van der Waals surface area contributed by atoms with E-state index in [1.165, 1.54) is 5.56 Å². The van der Waals surface area contributed by atoms with Gasteiger partial charge in [0.1, 0.15) is 0 Å². The highest BCUT2D eigenvalue weighted by Crippen LogP contribution is 2.21. The maximum atomic E-state index is 6.16. The fraction of sp³-hybridized carbons (Fsp3) is 0.118. The van der Waals surface area contributed by atoms with Crippen molar-refractivity contribution in [2.24, 2.45) is 0 Å². The molecular weight excluding hydrogens is 303 g/mol. The zero-order valence-electron chi connectivity index (χ0n) is 11.3. The van der Waals surface area contributed by atoms with Gasteiger partial charge in [-0.1, -0.05) is 47.5 Å². The van der Waals surface area contributed by atoms with Crippen LogP contribution in [0.5, 0.6) is 0 Å². The summed E-state index contributed by atoms with van der Waals surface area (Å²) in [6.45, 7) is 1.40. The van der Waals surface area contributed by atoms with Crippen LogP contribution in [0.1, 0.15) is 11.1 Å². The van der Waals surface area contributed by atoms with Gasteiger partial charge in [-0.15, -0.1) is 0 Å². The molecule has 0 aliphatic heterocycles. The van der Waals surface area contributed by atoms with Crippen molar-refractivity contribution in [2.45, 2.75) is 13.1 Å². The molecule has 1 aromatic heterocycles. The molecule has 0 amide bonds. The second-order valence-corrected chi connectivity index (χ2v) is 5.68. The number of nitrogens with zero attached hydrogens (tertiary/aromatic N) is 1. The molecule has 0 aliphatic rings. The van der Waals surface area contributed by atoms with E-state index in [9.17, 15) is 0 Å². The highest BCUT2D eigenvalue weighted by atomic mass is 35.5. The maximum Gasteiger partial charge on any atom is 0.0746 e. The van der Waals surface area contributed by atoms with E-state index in [-0.39, 0.29) is 0 Å². The first-order valence-electron chi connectivity index (χ1n) is 6.71. The fourth-order valence-corrected chi connectivity index (χ4v) is 2.70. The summed E-state index contributed by atoms with van der Waals surface area (Å²) in [6.07, 6.45) is 1.82. The molecule has 0 saturated heterocycles. The van der Waals surface area contributed by atoms with Crippen molar-refractivity contribution in [3.63, 3.8) is 0 Å². The van der Waals surface area contributed by atoms with Crippen LogP contribution in [0.25, 0.3) is 10.9 Å². The SMILES string of the molecule is Clc1ccc(Cl)c(CNCc2cccc3cccnc23)c1. The van der Waals surface area contributed by atoms with Gasteiger partial charge >= 0.3 is 0 Å². The van der Waals surface area contributed by atoms with Crippen molar-refractivity contribution in [2.75, 3.05) is 0 Å². The molecule has 1 heterocycles. The lowest BCUT2D eigenvalue weighted by Crippen LogP contribution is -2.13. The van der Waals surface area contributed by atoms with E-state index < -0.39 is 0 Å². The molecule has 0 saturated carbocycles. The number of aromatic nitrogens is 1. The maximum absolute atomic E-state index is 6.16. The van der Waals surface area contributed by atoms with E-state index in [1.54, 1.807) is 6.07 Å². The van der Waals surface area contributed by atoms with Gasteiger partial charge in [0.2, 0.25) is 0 Å². The zero-order valence-corrected chi connectivity index (χ0v) is 12.8. The molecule has 0 fully saturated rings. The van der Waals surface area contributed by atoms with E-state index in [4.69, 9.17) is 23.2 Å². The first-order chi connectivity index (χ1) is 10.2. The number of benzene rings is 2. The van der Waals surface area contributed by atoms with Crippen LogP contribution in [0.2, 0.25) is 10.0 Å². The molecule has 0 bridgehead atoms. The van der Waals surface area contributed by atoms with Crippen LogP contribution >= 0.6 is 23.2 Å². The average molecular weight is 317 g/mol. The number of pyridine rings is 1. The molecule has 0 radical (unpaired) electrons. The largest absolute Gasteiger partial charge is 0.308 e. The Morgan fingerprint density at radius 2 is 1.71 bits per heavy atom. The topological polar surface area (TPSA) is 24.9 Å². The highest BCUT2D eigenvalue weighted by Gasteiger charge is 2.04. The summed E-state index contributed by atoms with van der Waals surface area (Å²) >= 11 is 12.2. The molecule has 2 aromatic carbocycles. The highest BCUT2D eigenvalue weighted by molar-refractivity contribution is 6.33. The van der Waals surface area contributed by atoms with Gasteiger partial charge in [-0.25, -0.2) is 0 Å². The Morgan fingerprint density at radius 3 is 2.62 bits per heavy atom. The van der Waals surface area contributed by atoms with E-state index in [0.29, 0.717) is 11.6 Å². The molecule has 0 aliphatic carbocycles. The Hall–Kier alpha value is -1.61. The van der Waals surface area contributed by atoms with E-state index >= 15 is 0 Å². The molecule has 3 aromatic rings.